The Morgan fingerprint density at radius 2 is 1.68 bits per heavy atom. The summed E-state index contributed by atoms with van der Waals surface area (Å²) in [5.41, 5.74) is 2.17. The molecule has 1 amide bonds. The maximum Gasteiger partial charge on any atom is 0.289 e. The number of carbonyl (C=O) groups excluding carboxylic acids is 1. The fourth-order valence-corrected chi connectivity index (χ4v) is 4.94. The summed E-state index contributed by atoms with van der Waals surface area (Å²) in [6, 6.07) is 16.0. The fraction of sp³-hybridized carbons (Fsp3) is 0.167. The Hall–Kier alpha value is -4.65. The van der Waals surface area contributed by atoms with Crippen LogP contribution >= 0.6 is 0 Å². The van der Waals surface area contributed by atoms with E-state index < -0.39 is 38.0 Å². The second-order valence-electron chi connectivity index (χ2n) is 7.31. The summed E-state index contributed by atoms with van der Waals surface area (Å²) in [5.74, 6) is 0.136. The lowest BCUT2D eigenvalue weighted by molar-refractivity contribution is -0.387. The number of benzene rings is 3. The lowest BCUT2D eigenvalue weighted by atomic mass is 10.2. The minimum atomic E-state index is -4.63. The summed E-state index contributed by atoms with van der Waals surface area (Å²) in [6.07, 6.45) is 1.34. The number of carbonyl (C=O) groups is 1. The van der Waals surface area contributed by atoms with Gasteiger partial charge in [0, 0.05) is 17.7 Å². The monoisotopic (exact) mass is 528 g/mol. The zero-order chi connectivity index (χ0) is 27.0. The van der Waals surface area contributed by atoms with Crippen molar-refractivity contribution < 1.29 is 32.3 Å². The Balaban J connectivity index is 2.01. The summed E-state index contributed by atoms with van der Waals surface area (Å²) >= 11 is 0. The highest BCUT2D eigenvalue weighted by Gasteiger charge is 2.34. The van der Waals surface area contributed by atoms with Crippen LogP contribution in [-0.4, -0.2) is 53.3 Å². The van der Waals surface area contributed by atoms with Crippen LogP contribution in [0.15, 0.2) is 76.7 Å². The molecule has 1 N–H and O–H groups in total. The normalized spacial score (nSPS) is 11.1. The summed E-state index contributed by atoms with van der Waals surface area (Å²) < 4.78 is 43.8. The van der Waals surface area contributed by atoms with Gasteiger partial charge >= 0.3 is 0 Å². The van der Waals surface area contributed by atoms with Crippen LogP contribution in [0.1, 0.15) is 5.56 Å². The SMILES string of the molecule is COc1ccc(N(CC(=O)N/N=C\c2ccccc2OC)S(=O)(=O)c2ccccc2[N+](=O)[O-])c(OC)c1. The highest BCUT2D eigenvalue weighted by atomic mass is 32.2. The zero-order valence-electron chi connectivity index (χ0n) is 20.2. The van der Waals surface area contributed by atoms with Gasteiger partial charge in [-0.25, -0.2) is 13.8 Å². The average molecular weight is 529 g/mol. The van der Waals surface area contributed by atoms with Gasteiger partial charge < -0.3 is 14.2 Å². The topological polar surface area (TPSA) is 150 Å². The number of nitrogens with one attached hydrogen (secondary N) is 1. The molecule has 3 rings (SSSR count). The molecule has 0 atom stereocenters. The number of nitrogens with zero attached hydrogens (tertiary/aromatic N) is 3. The molecule has 0 saturated heterocycles. The number of hydrogen-bond donors (Lipinski definition) is 1. The van der Waals surface area contributed by atoms with Crippen LogP contribution in [0.3, 0.4) is 0 Å². The molecule has 0 fully saturated rings. The molecular formula is C24H24N4O8S. The van der Waals surface area contributed by atoms with E-state index >= 15 is 0 Å². The van der Waals surface area contributed by atoms with E-state index in [-0.39, 0.29) is 11.4 Å². The van der Waals surface area contributed by atoms with E-state index in [0.29, 0.717) is 21.4 Å². The van der Waals surface area contributed by atoms with Gasteiger partial charge in [-0.2, -0.15) is 5.10 Å². The second-order valence-corrected chi connectivity index (χ2v) is 9.14. The van der Waals surface area contributed by atoms with E-state index in [1.165, 1.54) is 57.9 Å². The Kier molecular flexibility index (Phi) is 8.64. The number of hydrazone groups is 1. The van der Waals surface area contributed by atoms with Crippen LogP contribution < -0.4 is 23.9 Å². The van der Waals surface area contributed by atoms with Gasteiger partial charge in [-0.1, -0.05) is 24.3 Å². The lowest BCUT2D eigenvalue weighted by Crippen LogP contribution is -2.40. The molecule has 0 unspecified atom stereocenters. The number of rotatable bonds is 11. The summed E-state index contributed by atoms with van der Waals surface area (Å²) in [5, 5.41) is 15.4. The third kappa shape index (κ3) is 6.13. The quantitative estimate of drug-likeness (QED) is 0.227. The molecule has 0 radical (unpaired) electrons. The van der Waals surface area contributed by atoms with E-state index in [2.05, 4.69) is 10.5 Å². The van der Waals surface area contributed by atoms with Crippen molar-refractivity contribution in [3.8, 4) is 17.2 Å². The lowest BCUT2D eigenvalue weighted by Gasteiger charge is -2.25. The molecule has 3 aromatic rings. The Morgan fingerprint density at radius 1 is 1.00 bits per heavy atom. The molecule has 0 aliphatic rings. The van der Waals surface area contributed by atoms with Crippen LogP contribution in [-0.2, 0) is 14.8 Å². The number of hydrogen-bond acceptors (Lipinski definition) is 9. The fourth-order valence-electron chi connectivity index (χ4n) is 3.35. The van der Waals surface area contributed by atoms with Crippen molar-refractivity contribution in [1.82, 2.24) is 5.43 Å². The summed E-state index contributed by atoms with van der Waals surface area (Å²) in [4.78, 5) is 23.0. The van der Waals surface area contributed by atoms with Crippen molar-refractivity contribution in [3.05, 3.63) is 82.4 Å². The van der Waals surface area contributed by atoms with E-state index in [9.17, 15) is 23.3 Å². The van der Waals surface area contributed by atoms with Gasteiger partial charge in [0.1, 0.15) is 23.8 Å². The maximum atomic E-state index is 13.7. The first-order valence-corrected chi connectivity index (χ1v) is 12.1. The number of sulfonamides is 1. The minimum Gasteiger partial charge on any atom is -0.497 e. The standard InChI is InChI=1S/C24H24N4O8S/c1-34-18-12-13-19(22(14-18)36-3)27(37(32,33)23-11-7-5-9-20(23)28(30)31)16-24(29)26-25-15-17-8-4-6-10-21(17)35-2/h4-15H,16H2,1-3H3,(H,26,29)/b25-15-. The van der Waals surface area contributed by atoms with Crippen molar-refractivity contribution in [2.45, 2.75) is 4.90 Å². The predicted molar refractivity (Wildman–Crippen MR) is 136 cm³/mol. The Morgan fingerprint density at radius 3 is 2.35 bits per heavy atom. The Labute approximate surface area is 213 Å². The van der Waals surface area contributed by atoms with Crippen molar-refractivity contribution in [2.75, 3.05) is 32.2 Å². The number of amides is 1. The Bertz CT molecular complexity index is 1430. The van der Waals surface area contributed by atoms with Gasteiger partial charge in [0.2, 0.25) is 0 Å². The molecule has 0 saturated carbocycles. The number of para-hydroxylation sites is 2. The van der Waals surface area contributed by atoms with Gasteiger partial charge in [0.15, 0.2) is 4.90 Å². The minimum absolute atomic E-state index is 0.0368. The molecule has 0 aliphatic carbocycles. The number of anilines is 1. The summed E-state index contributed by atoms with van der Waals surface area (Å²) in [7, 11) is -0.410. The number of nitro groups is 1. The number of methoxy groups -OCH3 is 3. The van der Waals surface area contributed by atoms with Crippen LogP contribution in [0.4, 0.5) is 11.4 Å². The van der Waals surface area contributed by atoms with E-state index in [1.807, 2.05) is 0 Å². The van der Waals surface area contributed by atoms with Crippen molar-refractivity contribution in [1.29, 1.82) is 0 Å². The summed E-state index contributed by atoms with van der Waals surface area (Å²) in [6.45, 7) is -0.764. The van der Waals surface area contributed by atoms with Crippen LogP contribution in [0.5, 0.6) is 17.2 Å². The van der Waals surface area contributed by atoms with Crippen molar-refractivity contribution >= 4 is 33.5 Å². The largest absolute Gasteiger partial charge is 0.497 e. The van der Waals surface area contributed by atoms with Crippen LogP contribution in [0, 0.1) is 10.1 Å². The van der Waals surface area contributed by atoms with Crippen LogP contribution in [0.25, 0.3) is 0 Å². The van der Waals surface area contributed by atoms with E-state index in [0.717, 1.165) is 12.1 Å². The van der Waals surface area contributed by atoms with Gasteiger partial charge in [0.05, 0.1) is 38.2 Å². The second kappa shape index (κ2) is 11.9. The van der Waals surface area contributed by atoms with Gasteiger partial charge in [-0.15, -0.1) is 0 Å². The molecule has 0 bridgehead atoms. The third-order valence-electron chi connectivity index (χ3n) is 5.10. The van der Waals surface area contributed by atoms with Crippen molar-refractivity contribution in [2.24, 2.45) is 5.10 Å². The molecule has 0 aromatic heterocycles. The average Bonchev–Trinajstić information content (AvgIpc) is 2.91. The van der Waals surface area contributed by atoms with Crippen molar-refractivity contribution in [3.63, 3.8) is 0 Å². The number of nitro benzene ring substituents is 1. The first kappa shape index (κ1) is 26.9. The van der Waals surface area contributed by atoms with Gasteiger partial charge in [-0.05, 0) is 30.3 Å². The molecular weight excluding hydrogens is 504 g/mol. The highest BCUT2D eigenvalue weighted by molar-refractivity contribution is 7.93. The number of ether oxygens (including phenoxy) is 3. The zero-order valence-corrected chi connectivity index (χ0v) is 21.0. The first-order chi connectivity index (χ1) is 17.7. The van der Waals surface area contributed by atoms with Gasteiger partial charge in [0.25, 0.3) is 21.6 Å². The molecule has 13 heteroatoms. The first-order valence-electron chi connectivity index (χ1n) is 10.7. The molecule has 0 aliphatic heterocycles. The molecule has 0 heterocycles. The predicted octanol–water partition coefficient (Wildman–Crippen LogP) is 2.97. The van der Waals surface area contributed by atoms with Crippen LogP contribution in [0.2, 0.25) is 0 Å². The maximum absolute atomic E-state index is 13.7. The molecule has 194 valence electrons. The smallest absolute Gasteiger partial charge is 0.289 e. The highest BCUT2D eigenvalue weighted by Crippen LogP contribution is 2.37. The molecule has 37 heavy (non-hydrogen) atoms. The van der Waals surface area contributed by atoms with Gasteiger partial charge in [-0.3, -0.25) is 19.2 Å². The van der Waals surface area contributed by atoms with E-state index in [1.54, 1.807) is 24.3 Å². The third-order valence-corrected chi connectivity index (χ3v) is 6.91. The molecule has 3 aromatic carbocycles. The van der Waals surface area contributed by atoms with E-state index in [4.69, 9.17) is 14.2 Å². The molecule has 0 spiro atoms. The molecule has 12 nitrogen and oxygen atoms in total.